The SMILES string of the molecule is Cc1ccccc1CCC1CCCN(C(=O)C2CC(c3ccc(O)cc3)NN2)C1. The number of aryl methyl sites for hydroxylation is 2. The maximum absolute atomic E-state index is 13.1. The fourth-order valence-electron chi connectivity index (χ4n) is 4.61. The standard InChI is InChI=1S/C24H31N3O2/c1-17-5-2-3-7-19(17)9-8-18-6-4-14-27(16-18)24(29)23-15-22(25-26-23)20-10-12-21(28)13-11-20/h2-3,5,7,10-13,18,22-23,25-26,28H,4,6,8-9,14-16H2,1H3. The number of carbonyl (C=O) groups excluding carboxylic acids is 1. The fraction of sp³-hybridized carbons (Fsp3) is 0.458. The van der Waals surface area contributed by atoms with Crippen LogP contribution in [0.25, 0.3) is 0 Å². The molecule has 2 aromatic rings. The molecule has 1 amide bonds. The van der Waals surface area contributed by atoms with Crippen molar-refractivity contribution >= 4 is 5.91 Å². The van der Waals surface area contributed by atoms with Crippen LogP contribution in [0.1, 0.15) is 48.4 Å². The monoisotopic (exact) mass is 393 g/mol. The van der Waals surface area contributed by atoms with E-state index in [4.69, 9.17) is 0 Å². The highest BCUT2D eigenvalue weighted by Crippen LogP contribution is 2.27. The zero-order chi connectivity index (χ0) is 20.2. The molecule has 2 fully saturated rings. The smallest absolute Gasteiger partial charge is 0.241 e. The van der Waals surface area contributed by atoms with Crippen LogP contribution in [0.2, 0.25) is 0 Å². The number of benzene rings is 2. The van der Waals surface area contributed by atoms with Crippen LogP contribution < -0.4 is 10.9 Å². The van der Waals surface area contributed by atoms with Crippen molar-refractivity contribution in [3.63, 3.8) is 0 Å². The Kier molecular flexibility index (Phi) is 6.16. The number of hydrogen-bond donors (Lipinski definition) is 3. The second-order valence-corrected chi connectivity index (χ2v) is 8.48. The first-order valence-corrected chi connectivity index (χ1v) is 10.7. The van der Waals surface area contributed by atoms with Gasteiger partial charge >= 0.3 is 0 Å². The molecule has 2 saturated heterocycles. The van der Waals surface area contributed by atoms with Gasteiger partial charge in [0.15, 0.2) is 0 Å². The molecule has 154 valence electrons. The predicted molar refractivity (Wildman–Crippen MR) is 114 cm³/mol. The highest BCUT2D eigenvalue weighted by Gasteiger charge is 2.34. The second-order valence-electron chi connectivity index (χ2n) is 8.48. The van der Waals surface area contributed by atoms with Crippen molar-refractivity contribution < 1.29 is 9.90 Å². The highest BCUT2D eigenvalue weighted by molar-refractivity contribution is 5.82. The lowest BCUT2D eigenvalue weighted by Gasteiger charge is -2.34. The van der Waals surface area contributed by atoms with Gasteiger partial charge in [0.1, 0.15) is 11.8 Å². The van der Waals surface area contributed by atoms with Gasteiger partial charge in [-0.3, -0.25) is 4.79 Å². The number of phenolic OH excluding ortho intramolecular Hbond substituents is 1. The number of amides is 1. The minimum Gasteiger partial charge on any atom is -0.508 e. The fourth-order valence-corrected chi connectivity index (χ4v) is 4.61. The minimum absolute atomic E-state index is 0.0891. The Morgan fingerprint density at radius 2 is 1.93 bits per heavy atom. The van der Waals surface area contributed by atoms with E-state index >= 15 is 0 Å². The number of aromatic hydroxyl groups is 1. The summed E-state index contributed by atoms with van der Waals surface area (Å²) < 4.78 is 0. The number of rotatable bonds is 5. The van der Waals surface area contributed by atoms with E-state index in [2.05, 4.69) is 46.9 Å². The Bertz CT molecular complexity index is 836. The first kappa shape index (κ1) is 19.9. The summed E-state index contributed by atoms with van der Waals surface area (Å²) in [5, 5.41) is 9.47. The van der Waals surface area contributed by atoms with Crippen molar-refractivity contribution in [1.82, 2.24) is 15.8 Å². The van der Waals surface area contributed by atoms with Crippen LogP contribution in [0.15, 0.2) is 48.5 Å². The third kappa shape index (κ3) is 4.80. The normalized spacial score (nSPS) is 24.6. The number of nitrogens with one attached hydrogen (secondary N) is 2. The van der Waals surface area contributed by atoms with Crippen molar-refractivity contribution in [3.8, 4) is 5.75 Å². The summed E-state index contributed by atoms with van der Waals surface area (Å²) in [4.78, 5) is 15.1. The van der Waals surface area contributed by atoms with Gasteiger partial charge in [-0.05, 0) is 73.8 Å². The molecule has 5 heteroatoms. The van der Waals surface area contributed by atoms with Gasteiger partial charge in [-0.1, -0.05) is 36.4 Å². The Balaban J connectivity index is 1.30. The van der Waals surface area contributed by atoms with Gasteiger partial charge in [0.05, 0.1) is 0 Å². The average molecular weight is 394 g/mol. The zero-order valence-corrected chi connectivity index (χ0v) is 17.1. The number of hydrogen-bond acceptors (Lipinski definition) is 4. The van der Waals surface area contributed by atoms with E-state index < -0.39 is 0 Å². The maximum Gasteiger partial charge on any atom is 0.241 e. The van der Waals surface area contributed by atoms with Gasteiger partial charge in [0.25, 0.3) is 0 Å². The molecule has 0 saturated carbocycles. The summed E-state index contributed by atoms with van der Waals surface area (Å²) in [5.41, 5.74) is 10.3. The Labute approximate surface area is 173 Å². The molecular weight excluding hydrogens is 362 g/mol. The number of piperidine rings is 1. The van der Waals surface area contributed by atoms with Crippen LogP contribution in [0.5, 0.6) is 5.75 Å². The predicted octanol–water partition coefficient (Wildman–Crippen LogP) is 3.48. The summed E-state index contributed by atoms with van der Waals surface area (Å²) in [6, 6.07) is 15.7. The first-order valence-electron chi connectivity index (χ1n) is 10.7. The molecule has 29 heavy (non-hydrogen) atoms. The molecule has 3 N–H and O–H groups in total. The summed E-state index contributed by atoms with van der Waals surface area (Å²) >= 11 is 0. The number of likely N-dealkylation sites (tertiary alicyclic amines) is 1. The molecule has 3 unspecified atom stereocenters. The topological polar surface area (TPSA) is 64.6 Å². The van der Waals surface area contributed by atoms with E-state index in [9.17, 15) is 9.90 Å². The van der Waals surface area contributed by atoms with E-state index in [-0.39, 0.29) is 23.7 Å². The quantitative estimate of drug-likeness (QED) is 0.728. The second kappa shape index (κ2) is 8.97. The zero-order valence-electron chi connectivity index (χ0n) is 17.1. The number of nitrogens with zero attached hydrogens (tertiary/aromatic N) is 1. The van der Waals surface area contributed by atoms with E-state index in [1.165, 1.54) is 17.5 Å². The molecule has 2 heterocycles. The molecule has 0 radical (unpaired) electrons. The lowest BCUT2D eigenvalue weighted by molar-refractivity contribution is -0.135. The molecule has 2 aliphatic rings. The largest absolute Gasteiger partial charge is 0.508 e. The van der Waals surface area contributed by atoms with Crippen molar-refractivity contribution in [1.29, 1.82) is 0 Å². The van der Waals surface area contributed by atoms with Crippen molar-refractivity contribution in [2.45, 2.75) is 51.1 Å². The van der Waals surface area contributed by atoms with Gasteiger partial charge < -0.3 is 10.0 Å². The molecular formula is C24H31N3O2. The Morgan fingerprint density at radius 1 is 1.14 bits per heavy atom. The molecule has 0 aromatic heterocycles. The molecule has 0 spiro atoms. The summed E-state index contributed by atoms with van der Waals surface area (Å²) in [6.07, 6.45) is 5.26. The lowest BCUT2D eigenvalue weighted by atomic mass is 9.90. The van der Waals surface area contributed by atoms with E-state index in [1.54, 1.807) is 12.1 Å². The van der Waals surface area contributed by atoms with Crippen molar-refractivity contribution in [3.05, 3.63) is 65.2 Å². The van der Waals surface area contributed by atoms with Crippen LogP contribution in [0.3, 0.4) is 0 Å². The molecule has 0 bridgehead atoms. The number of carbonyl (C=O) groups is 1. The van der Waals surface area contributed by atoms with Crippen LogP contribution in [0.4, 0.5) is 0 Å². The molecule has 4 rings (SSSR count). The number of hydrazine groups is 1. The molecule has 3 atom stereocenters. The summed E-state index contributed by atoms with van der Waals surface area (Å²) in [5.74, 6) is 1.05. The average Bonchev–Trinajstić information content (AvgIpc) is 3.23. The van der Waals surface area contributed by atoms with Gasteiger partial charge in [0.2, 0.25) is 5.91 Å². The summed E-state index contributed by atoms with van der Waals surface area (Å²) in [6.45, 7) is 3.91. The third-order valence-electron chi connectivity index (χ3n) is 6.41. The van der Waals surface area contributed by atoms with Crippen LogP contribution >= 0.6 is 0 Å². The van der Waals surface area contributed by atoms with E-state index in [1.807, 2.05) is 12.1 Å². The third-order valence-corrected chi connectivity index (χ3v) is 6.41. The summed E-state index contributed by atoms with van der Waals surface area (Å²) in [7, 11) is 0. The van der Waals surface area contributed by atoms with Gasteiger partial charge in [0, 0.05) is 19.1 Å². The van der Waals surface area contributed by atoms with Crippen LogP contribution in [0, 0.1) is 12.8 Å². The van der Waals surface area contributed by atoms with Crippen molar-refractivity contribution in [2.24, 2.45) is 5.92 Å². The van der Waals surface area contributed by atoms with Crippen molar-refractivity contribution in [2.75, 3.05) is 13.1 Å². The van der Waals surface area contributed by atoms with E-state index in [0.29, 0.717) is 5.92 Å². The van der Waals surface area contributed by atoms with E-state index in [0.717, 1.165) is 44.3 Å². The maximum atomic E-state index is 13.1. The first-order chi connectivity index (χ1) is 14.1. The van der Waals surface area contributed by atoms with Gasteiger partial charge in [-0.25, -0.2) is 10.9 Å². The Hall–Kier alpha value is -2.37. The van der Waals surface area contributed by atoms with Crippen LogP contribution in [-0.2, 0) is 11.2 Å². The Morgan fingerprint density at radius 3 is 2.72 bits per heavy atom. The molecule has 2 aliphatic heterocycles. The minimum atomic E-state index is -0.191. The lowest BCUT2D eigenvalue weighted by Crippen LogP contribution is -2.49. The molecule has 2 aromatic carbocycles. The molecule has 5 nitrogen and oxygen atoms in total. The van der Waals surface area contributed by atoms with Gasteiger partial charge in [-0.15, -0.1) is 0 Å². The molecule has 0 aliphatic carbocycles. The number of phenols is 1. The van der Waals surface area contributed by atoms with Gasteiger partial charge in [-0.2, -0.15) is 0 Å². The highest BCUT2D eigenvalue weighted by atomic mass is 16.3. The van der Waals surface area contributed by atoms with Crippen LogP contribution in [-0.4, -0.2) is 35.0 Å².